The lowest BCUT2D eigenvalue weighted by molar-refractivity contribution is 0.0954. The van der Waals surface area contributed by atoms with E-state index in [0.29, 0.717) is 42.1 Å². The van der Waals surface area contributed by atoms with Gasteiger partial charge in [0.25, 0.3) is 5.91 Å². The summed E-state index contributed by atoms with van der Waals surface area (Å²) < 4.78 is 36.0. The zero-order valence-electron chi connectivity index (χ0n) is 17.1. The SMILES string of the molecule is COc1ccc(CCNC(=O)c2ccc3c(c2)CC(C)N3S(C)(=O)=O)cc1OC. The Morgan fingerprint density at radius 3 is 2.52 bits per heavy atom. The predicted octanol–water partition coefficient (Wildman–Crippen LogP) is 2.39. The summed E-state index contributed by atoms with van der Waals surface area (Å²) in [6, 6.07) is 10.7. The number of benzene rings is 2. The minimum atomic E-state index is -3.34. The highest BCUT2D eigenvalue weighted by Crippen LogP contribution is 2.34. The molecule has 0 radical (unpaired) electrons. The summed E-state index contributed by atoms with van der Waals surface area (Å²) >= 11 is 0. The molecule has 1 amide bonds. The van der Waals surface area contributed by atoms with E-state index in [2.05, 4.69) is 5.32 Å². The van der Waals surface area contributed by atoms with E-state index in [9.17, 15) is 13.2 Å². The average molecular weight is 419 g/mol. The molecule has 1 unspecified atom stereocenters. The van der Waals surface area contributed by atoms with Crippen molar-refractivity contribution >= 4 is 21.6 Å². The number of methoxy groups -OCH3 is 2. The number of anilines is 1. The molecule has 0 saturated heterocycles. The van der Waals surface area contributed by atoms with Crippen LogP contribution in [0.2, 0.25) is 0 Å². The fourth-order valence-corrected chi connectivity index (χ4v) is 4.97. The van der Waals surface area contributed by atoms with Crippen molar-refractivity contribution in [2.24, 2.45) is 0 Å². The number of carbonyl (C=O) groups is 1. The topological polar surface area (TPSA) is 84.9 Å². The Kier molecular flexibility index (Phi) is 6.02. The first kappa shape index (κ1) is 21.0. The highest BCUT2D eigenvalue weighted by atomic mass is 32.2. The second kappa shape index (κ2) is 8.32. The van der Waals surface area contributed by atoms with Gasteiger partial charge in [-0.2, -0.15) is 0 Å². The number of amides is 1. The normalized spacial score (nSPS) is 15.7. The van der Waals surface area contributed by atoms with Crippen LogP contribution >= 0.6 is 0 Å². The van der Waals surface area contributed by atoms with Crippen molar-refractivity contribution in [3.8, 4) is 11.5 Å². The van der Waals surface area contributed by atoms with Gasteiger partial charge in [0.1, 0.15) is 0 Å². The van der Waals surface area contributed by atoms with Crippen molar-refractivity contribution in [1.29, 1.82) is 0 Å². The molecule has 1 heterocycles. The molecule has 3 rings (SSSR count). The van der Waals surface area contributed by atoms with Crippen LogP contribution in [0.5, 0.6) is 11.5 Å². The van der Waals surface area contributed by atoms with Crippen LogP contribution in [0.15, 0.2) is 36.4 Å². The zero-order valence-corrected chi connectivity index (χ0v) is 17.9. The van der Waals surface area contributed by atoms with Crippen molar-refractivity contribution in [3.05, 3.63) is 53.1 Å². The van der Waals surface area contributed by atoms with E-state index in [1.54, 1.807) is 32.4 Å². The van der Waals surface area contributed by atoms with Crippen molar-refractivity contribution in [3.63, 3.8) is 0 Å². The number of sulfonamides is 1. The number of carbonyl (C=O) groups excluding carboxylic acids is 1. The van der Waals surface area contributed by atoms with Gasteiger partial charge in [0.2, 0.25) is 10.0 Å². The van der Waals surface area contributed by atoms with Crippen LogP contribution in [-0.2, 0) is 22.9 Å². The van der Waals surface area contributed by atoms with Crippen molar-refractivity contribution in [2.45, 2.75) is 25.8 Å². The first-order chi connectivity index (χ1) is 13.7. The summed E-state index contributed by atoms with van der Waals surface area (Å²) in [4.78, 5) is 12.5. The van der Waals surface area contributed by atoms with Crippen LogP contribution in [-0.4, -0.2) is 47.4 Å². The average Bonchev–Trinajstić information content (AvgIpc) is 3.02. The minimum absolute atomic E-state index is 0.150. The quantitative estimate of drug-likeness (QED) is 0.746. The molecule has 1 atom stereocenters. The van der Waals surface area contributed by atoms with Crippen LogP contribution < -0.4 is 19.1 Å². The standard InChI is InChI=1S/C21H26N2O5S/c1-14-11-17-13-16(6-7-18(17)23(14)29(4,25)26)21(24)22-10-9-15-5-8-19(27-2)20(12-15)28-3/h5-8,12-14H,9-11H2,1-4H3,(H,22,24). The molecule has 1 aliphatic rings. The Labute approximate surface area is 171 Å². The molecule has 0 aliphatic carbocycles. The van der Waals surface area contributed by atoms with E-state index in [1.807, 2.05) is 25.1 Å². The van der Waals surface area contributed by atoms with Crippen molar-refractivity contribution in [2.75, 3.05) is 31.3 Å². The number of hydrogen-bond donors (Lipinski definition) is 1. The summed E-state index contributed by atoms with van der Waals surface area (Å²) in [5.74, 6) is 1.13. The van der Waals surface area contributed by atoms with Gasteiger partial charge in [-0.1, -0.05) is 6.07 Å². The number of ether oxygens (including phenoxy) is 2. The smallest absolute Gasteiger partial charge is 0.251 e. The molecule has 156 valence electrons. The molecule has 0 saturated carbocycles. The van der Waals surface area contributed by atoms with Gasteiger partial charge in [-0.05, 0) is 61.2 Å². The molecular weight excluding hydrogens is 392 g/mol. The van der Waals surface area contributed by atoms with E-state index in [0.717, 1.165) is 11.1 Å². The number of rotatable bonds is 7. The van der Waals surface area contributed by atoms with Gasteiger partial charge in [0.15, 0.2) is 11.5 Å². The van der Waals surface area contributed by atoms with Crippen LogP contribution in [0.3, 0.4) is 0 Å². The third kappa shape index (κ3) is 4.48. The maximum atomic E-state index is 12.5. The van der Waals surface area contributed by atoms with Crippen LogP contribution in [0.25, 0.3) is 0 Å². The lowest BCUT2D eigenvalue weighted by Crippen LogP contribution is -2.34. The van der Waals surface area contributed by atoms with Crippen LogP contribution in [0.4, 0.5) is 5.69 Å². The van der Waals surface area contributed by atoms with Crippen molar-refractivity contribution < 1.29 is 22.7 Å². The van der Waals surface area contributed by atoms with Gasteiger partial charge in [0.05, 0.1) is 26.2 Å². The van der Waals surface area contributed by atoms with Gasteiger partial charge in [0, 0.05) is 18.2 Å². The van der Waals surface area contributed by atoms with Crippen molar-refractivity contribution in [1.82, 2.24) is 5.32 Å². The maximum Gasteiger partial charge on any atom is 0.251 e. The van der Waals surface area contributed by atoms with Gasteiger partial charge in [-0.25, -0.2) is 8.42 Å². The Morgan fingerprint density at radius 2 is 1.86 bits per heavy atom. The summed E-state index contributed by atoms with van der Waals surface area (Å²) in [6.07, 6.45) is 2.44. The molecule has 7 nitrogen and oxygen atoms in total. The van der Waals surface area contributed by atoms with Crippen LogP contribution in [0, 0.1) is 0 Å². The first-order valence-corrected chi connectivity index (χ1v) is 11.2. The van der Waals surface area contributed by atoms with E-state index >= 15 is 0 Å². The largest absolute Gasteiger partial charge is 0.493 e. The zero-order chi connectivity index (χ0) is 21.2. The molecular formula is C21H26N2O5S. The Morgan fingerprint density at radius 1 is 1.14 bits per heavy atom. The Hall–Kier alpha value is -2.74. The Bertz CT molecular complexity index is 1020. The summed E-state index contributed by atoms with van der Waals surface area (Å²) in [7, 11) is -0.166. The number of hydrogen-bond acceptors (Lipinski definition) is 5. The molecule has 8 heteroatoms. The van der Waals surface area contributed by atoms with Crippen LogP contribution in [0.1, 0.15) is 28.4 Å². The Balaban J connectivity index is 1.65. The molecule has 1 aliphatic heterocycles. The van der Waals surface area contributed by atoms with Gasteiger partial charge in [-0.3, -0.25) is 9.10 Å². The summed E-state index contributed by atoms with van der Waals surface area (Å²) in [5, 5.41) is 2.91. The van der Waals surface area contributed by atoms with Gasteiger partial charge in [-0.15, -0.1) is 0 Å². The first-order valence-electron chi connectivity index (χ1n) is 9.36. The highest BCUT2D eigenvalue weighted by Gasteiger charge is 2.32. The third-order valence-electron chi connectivity index (χ3n) is 5.00. The third-order valence-corrected chi connectivity index (χ3v) is 6.27. The molecule has 0 aromatic heterocycles. The lowest BCUT2D eigenvalue weighted by Gasteiger charge is -2.21. The fourth-order valence-electron chi connectivity index (χ4n) is 3.71. The number of nitrogens with one attached hydrogen (secondary N) is 1. The monoisotopic (exact) mass is 418 g/mol. The van der Waals surface area contributed by atoms with Gasteiger partial charge < -0.3 is 14.8 Å². The molecule has 2 aromatic carbocycles. The molecule has 0 fully saturated rings. The van der Waals surface area contributed by atoms with E-state index < -0.39 is 10.0 Å². The van der Waals surface area contributed by atoms with E-state index in [4.69, 9.17) is 9.47 Å². The summed E-state index contributed by atoms with van der Waals surface area (Å²) in [6.45, 7) is 2.33. The van der Waals surface area contributed by atoms with Gasteiger partial charge >= 0.3 is 0 Å². The van der Waals surface area contributed by atoms with E-state index in [1.165, 1.54) is 10.6 Å². The minimum Gasteiger partial charge on any atom is -0.493 e. The maximum absolute atomic E-state index is 12.5. The summed E-state index contributed by atoms with van der Waals surface area (Å²) in [5.41, 5.74) is 3.07. The number of nitrogens with zero attached hydrogens (tertiary/aromatic N) is 1. The highest BCUT2D eigenvalue weighted by molar-refractivity contribution is 7.92. The number of fused-ring (bicyclic) bond motifs is 1. The fraction of sp³-hybridized carbons (Fsp3) is 0.381. The molecule has 0 spiro atoms. The molecule has 0 bridgehead atoms. The lowest BCUT2D eigenvalue weighted by atomic mass is 10.1. The molecule has 29 heavy (non-hydrogen) atoms. The molecule has 2 aromatic rings. The predicted molar refractivity (Wildman–Crippen MR) is 113 cm³/mol. The molecule has 1 N–H and O–H groups in total. The second-order valence-corrected chi connectivity index (χ2v) is 9.01. The second-order valence-electron chi connectivity index (χ2n) is 7.15. The van der Waals surface area contributed by atoms with E-state index in [-0.39, 0.29) is 11.9 Å².